The predicted octanol–water partition coefficient (Wildman–Crippen LogP) is 1.92. The van der Waals surface area contributed by atoms with E-state index in [1.54, 1.807) is 0 Å². The second-order valence-electron chi connectivity index (χ2n) is 8.09. The van der Waals surface area contributed by atoms with E-state index in [9.17, 15) is 4.79 Å². The van der Waals surface area contributed by atoms with E-state index in [1.165, 1.54) is 25.9 Å². The first kappa shape index (κ1) is 18.7. The van der Waals surface area contributed by atoms with Gasteiger partial charge in [0.15, 0.2) is 0 Å². The fourth-order valence-electron chi connectivity index (χ4n) is 4.76. The summed E-state index contributed by atoms with van der Waals surface area (Å²) in [7, 11) is 0. The van der Waals surface area contributed by atoms with Crippen LogP contribution >= 0.6 is 0 Å². The molecule has 0 aliphatic carbocycles. The second-order valence-corrected chi connectivity index (χ2v) is 8.09. The van der Waals surface area contributed by atoms with Crippen LogP contribution in [0.25, 0.3) is 0 Å². The van der Waals surface area contributed by atoms with E-state index in [1.807, 2.05) is 23.2 Å². The fraction of sp³-hybridized carbons (Fsp3) is 0.714. The van der Waals surface area contributed by atoms with Crippen molar-refractivity contribution >= 4 is 11.7 Å². The number of amides is 1. The van der Waals surface area contributed by atoms with Crippen LogP contribution in [-0.4, -0.2) is 90.5 Å². The number of hydrogen-bond acceptors (Lipinski definition) is 5. The van der Waals surface area contributed by atoms with Crippen LogP contribution in [0.4, 0.5) is 5.82 Å². The van der Waals surface area contributed by atoms with Gasteiger partial charge in [-0.1, -0.05) is 6.92 Å². The van der Waals surface area contributed by atoms with Gasteiger partial charge in [0.05, 0.1) is 5.56 Å². The summed E-state index contributed by atoms with van der Waals surface area (Å²) in [6.07, 6.45) is 6.48. The van der Waals surface area contributed by atoms with E-state index in [-0.39, 0.29) is 5.91 Å². The van der Waals surface area contributed by atoms with E-state index in [4.69, 9.17) is 0 Å². The average Bonchev–Trinajstić information content (AvgIpc) is 3.24. The van der Waals surface area contributed by atoms with Crippen molar-refractivity contribution < 1.29 is 4.79 Å². The summed E-state index contributed by atoms with van der Waals surface area (Å²) in [6, 6.07) is 4.45. The standard InChI is InChI=1S/C21H33N5O/c1-2-23-13-15-24(16-14-23)18-8-12-26(17-18)20-19(7-6-9-22-20)21(27)25-10-4-3-5-11-25/h6-7,9,18H,2-5,8,10-17H2,1H3. The Morgan fingerprint density at radius 1 is 1.07 bits per heavy atom. The zero-order valence-electron chi connectivity index (χ0n) is 16.6. The summed E-state index contributed by atoms with van der Waals surface area (Å²) < 4.78 is 0. The number of pyridine rings is 1. The van der Waals surface area contributed by atoms with Crippen LogP contribution in [0.5, 0.6) is 0 Å². The number of hydrogen-bond donors (Lipinski definition) is 0. The van der Waals surface area contributed by atoms with Gasteiger partial charge in [-0.3, -0.25) is 9.69 Å². The summed E-state index contributed by atoms with van der Waals surface area (Å²) in [5.74, 6) is 1.06. The van der Waals surface area contributed by atoms with Crippen molar-refractivity contribution in [1.82, 2.24) is 19.7 Å². The molecule has 1 aromatic rings. The average molecular weight is 372 g/mol. The Kier molecular flexibility index (Phi) is 5.93. The molecule has 27 heavy (non-hydrogen) atoms. The van der Waals surface area contributed by atoms with Crippen molar-refractivity contribution in [2.75, 3.05) is 63.8 Å². The maximum atomic E-state index is 13.1. The van der Waals surface area contributed by atoms with Crippen molar-refractivity contribution in [2.45, 2.75) is 38.6 Å². The molecule has 6 heteroatoms. The van der Waals surface area contributed by atoms with Crippen LogP contribution in [0.15, 0.2) is 18.3 Å². The number of rotatable bonds is 4. The monoisotopic (exact) mass is 371 g/mol. The Bertz CT molecular complexity index is 637. The minimum atomic E-state index is 0.165. The van der Waals surface area contributed by atoms with E-state index in [2.05, 4.69) is 26.6 Å². The largest absolute Gasteiger partial charge is 0.354 e. The molecule has 1 unspecified atom stereocenters. The molecule has 0 saturated carbocycles. The summed E-state index contributed by atoms with van der Waals surface area (Å²) in [4.78, 5) is 27.2. The molecule has 6 nitrogen and oxygen atoms in total. The van der Waals surface area contributed by atoms with Gasteiger partial charge in [-0.2, -0.15) is 0 Å². The smallest absolute Gasteiger partial charge is 0.257 e. The summed E-state index contributed by atoms with van der Waals surface area (Å²) in [6.45, 7) is 11.8. The van der Waals surface area contributed by atoms with E-state index >= 15 is 0 Å². The molecule has 148 valence electrons. The quantitative estimate of drug-likeness (QED) is 0.809. The van der Waals surface area contributed by atoms with Crippen LogP contribution < -0.4 is 4.90 Å². The van der Waals surface area contributed by atoms with Crippen molar-refractivity contribution in [1.29, 1.82) is 0 Å². The highest BCUT2D eigenvalue weighted by Crippen LogP contribution is 2.26. The molecule has 0 radical (unpaired) electrons. The third kappa shape index (κ3) is 4.11. The lowest BCUT2D eigenvalue weighted by atomic mass is 10.1. The van der Waals surface area contributed by atoms with Gasteiger partial charge in [0.1, 0.15) is 5.82 Å². The highest BCUT2D eigenvalue weighted by Gasteiger charge is 2.32. The number of carbonyl (C=O) groups is 1. The van der Waals surface area contributed by atoms with Crippen molar-refractivity contribution in [3.05, 3.63) is 23.9 Å². The molecule has 0 N–H and O–H groups in total. The summed E-state index contributed by atoms with van der Waals surface area (Å²) in [5, 5.41) is 0. The van der Waals surface area contributed by atoms with Crippen LogP contribution in [0.1, 0.15) is 43.0 Å². The number of piperidine rings is 1. The second kappa shape index (κ2) is 8.57. The molecule has 1 atom stereocenters. The van der Waals surface area contributed by atoms with Crippen molar-refractivity contribution in [3.63, 3.8) is 0 Å². The third-order valence-electron chi connectivity index (χ3n) is 6.49. The van der Waals surface area contributed by atoms with Gasteiger partial charge in [-0.05, 0) is 44.4 Å². The molecular weight excluding hydrogens is 338 g/mol. The zero-order chi connectivity index (χ0) is 18.6. The number of nitrogens with zero attached hydrogens (tertiary/aromatic N) is 5. The van der Waals surface area contributed by atoms with Crippen LogP contribution in [-0.2, 0) is 0 Å². The lowest BCUT2D eigenvalue weighted by Gasteiger charge is -2.37. The van der Waals surface area contributed by atoms with Gasteiger partial charge in [-0.15, -0.1) is 0 Å². The topological polar surface area (TPSA) is 42.9 Å². The molecule has 3 aliphatic rings. The predicted molar refractivity (Wildman–Crippen MR) is 108 cm³/mol. The van der Waals surface area contributed by atoms with Gasteiger partial charge >= 0.3 is 0 Å². The molecule has 4 heterocycles. The molecule has 0 bridgehead atoms. The maximum absolute atomic E-state index is 13.1. The third-order valence-corrected chi connectivity index (χ3v) is 6.49. The SMILES string of the molecule is CCN1CCN(C2CCN(c3ncccc3C(=O)N3CCCCC3)C2)CC1. The summed E-state index contributed by atoms with van der Waals surface area (Å²) in [5.41, 5.74) is 0.788. The Labute approximate surface area is 163 Å². The highest BCUT2D eigenvalue weighted by molar-refractivity contribution is 5.99. The van der Waals surface area contributed by atoms with E-state index < -0.39 is 0 Å². The lowest BCUT2D eigenvalue weighted by Crippen LogP contribution is -2.50. The number of piperazine rings is 1. The summed E-state index contributed by atoms with van der Waals surface area (Å²) >= 11 is 0. The van der Waals surface area contributed by atoms with Gasteiger partial charge in [0, 0.05) is 64.6 Å². The molecule has 1 aromatic heterocycles. The number of anilines is 1. The van der Waals surface area contributed by atoms with Gasteiger partial charge in [0.25, 0.3) is 5.91 Å². The Hall–Kier alpha value is -1.66. The Balaban J connectivity index is 1.43. The first-order valence-electron chi connectivity index (χ1n) is 10.7. The number of aromatic nitrogens is 1. The minimum absolute atomic E-state index is 0.165. The van der Waals surface area contributed by atoms with Gasteiger partial charge in [0.2, 0.25) is 0 Å². The normalized spacial score (nSPS) is 25.1. The van der Waals surface area contributed by atoms with Crippen LogP contribution in [0.2, 0.25) is 0 Å². The molecule has 3 aliphatic heterocycles. The first-order chi connectivity index (χ1) is 13.3. The molecular formula is C21H33N5O. The number of carbonyl (C=O) groups excluding carboxylic acids is 1. The molecule has 4 rings (SSSR count). The minimum Gasteiger partial charge on any atom is -0.354 e. The Morgan fingerprint density at radius 2 is 1.85 bits per heavy atom. The van der Waals surface area contributed by atoms with E-state index in [0.717, 1.165) is 70.0 Å². The molecule has 0 aromatic carbocycles. The highest BCUT2D eigenvalue weighted by atomic mass is 16.2. The zero-order valence-corrected chi connectivity index (χ0v) is 16.6. The lowest BCUT2D eigenvalue weighted by molar-refractivity contribution is 0.0724. The molecule has 0 spiro atoms. The maximum Gasteiger partial charge on any atom is 0.257 e. The van der Waals surface area contributed by atoms with Crippen LogP contribution in [0, 0.1) is 0 Å². The van der Waals surface area contributed by atoms with Gasteiger partial charge in [-0.25, -0.2) is 4.98 Å². The number of likely N-dealkylation sites (N-methyl/N-ethyl adjacent to an activating group) is 1. The van der Waals surface area contributed by atoms with Crippen molar-refractivity contribution in [2.24, 2.45) is 0 Å². The molecule has 3 saturated heterocycles. The number of likely N-dealkylation sites (tertiary alicyclic amines) is 1. The molecule has 3 fully saturated rings. The first-order valence-corrected chi connectivity index (χ1v) is 10.7. The Morgan fingerprint density at radius 3 is 2.59 bits per heavy atom. The van der Waals surface area contributed by atoms with E-state index in [0.29, 0.717) is 6.04 Å². The fourth-order valence-corrected chi connectivity index (χ4v) is 4.76. The molecule has 1 amide bonds. The van der Waals surface area contributed by atoms with Gasteiger partial charge < -0.3 is 14.7 Å². The van der Waals surface area contributed by atoms with Crippen molar-refractivity contribution in [3.8, 4) is 0 Å². The van der Waals surface area contributed by atoms with Crippen LogP contribution in [0.3, 0.4) is 0 Å².